The van der Waals surface area contributed by atoms with Crippen LogP contribution in [-0.4, -0.2) is 16.7 Å². The minimum Gasteiger partial charge on any atom is -0.427 e. The van der Waals surface area contributed by atoms with Crippen LogP contribution >= 0.6 is 23.0 Å². The molecule has 1 rings (SSSR count). The number of carbonyl (C=O) groups excluding carboxylic acids is 2. The molecule has 17 heavy (non-hydrogen) atoms. The Labute approximate surface area is 110 Å². The molecule has 0 bridgehead atoms. The first-order valence-corrected chi connectivity index (χ1v) is 5.22. The second-order valence-electron chi connectivity index (χ2n) is 3.03. The van der Waals surface area contributed by atoms with Crippen molar-refractivity contribution in [1.29, 1.82) is 0 Å². The van der Waals surface area contributed by atoms with Crippen LogP contribution in [0.2, 0.25) is 0 Å². The number of halogens is 1. The van der Waals surface area contributed by atoms with Gasteiger partial charge in [0, 0.05) is 19.1 Å². The Hall–Kier alpha value is -1.71. The number of hydrogen-bond acceptors (Lipinski definition) is 5. The largest absolute Gasteiger partial charge is 0.427 e. The Morgan fingerprint density at radius 2 is 2.12 bits per heavy atom. The van der Waals surface area contributed by atoms with Gasteiger partial charge in [-0.2, -0.15) is 0 Å². The van der Waals surface area contributed by atoms with E-state index in [1.165, 1.54) is 19.1 Å². The number of hydrogen-bond donors (Lipinski definition) is 1. The number of nitrogens with zero attached hydrogens (tertiary/aromatic N) is 1. The Bertz CT molecular complexity index is 488. The number of rotatable bonds is 3. The van der Waals surface area contributed by atoms with Crippen molar-refractivity contribution in [2.45, 2.75) is 6.92 Å². The average molecular weight is 350 g/mol. The van der Waals surface area contributed by atoms with Crippen LogP contribution in [0.25, 0.3) is 0 Å². The van der Waals surface area contributed by atoms with Crippen LogP contribution in [0, 0.1) is 10.1 Å². The van der Waals surface area contributed by atoms with E-state index >= 15 is 0 Å². The van der Waals surface area contributed by atoms with Crippen molar-refractivity contribution in [2.24, 2.45) is 0 Å². The predicted molar refractivity (Wildman–Crippen MR) is 65.9 cm³/mol. The fraction of sp³-hybridized carbons (Fsp3) is 0.111. The minimum absolute atomic E-state index is 0.0659. The number of nitro groups is 1. The molecule has 0 atom stereocenters. The number of imide groups is 1. The van der Waals surface area contributed by atoms with E-state index in [1.54, 1.807) is 23.0 Å². The van der Waals surface area contributed by atoms with E-state index < -0.39 is 16.7 Å². The molecule has 0 aliphatic carbocycles. The minimum atomic E-state index is -0.743. The van der Waals surface area contributed by atoms with E-state index in [1.807, 2.05) is 5.32 Å². The molecule has 0 saturated heterocycles. The maximum Gasteiger partial charge on any atom is 0.270 e. The Morgan fingerprint density at radius 1 is 1.47 bits per heavy atom. The molecule has 1 aromatic carbocycles. The molecule has 90 valence electrons. The number of amides is 2. The summed E-state index contributed by atoms with van der Waals surface area (Å²) in [5.41, 5.74) is -0.320. The molecule has 7 nitrogen and oxygen atoms in total. The van der Waals surface area contributed by atoms with Crippen LogP contribution in [0.4, 0.5) is 5.69 Å². The smallest absolute Gasteiger partial charge is 0.270 e. The highest BCUT2D eigenvalue weighted by molar-refractivity contribution is 14.1. The molecule has 0 heterocycles. The summed E-state index contributed by atoms with van der Waals surface area (Å²) in [5, 5.41) is 12.6. The highest BCUT2D eigenvalue weighted by Gasteiger charge is 2.18. The summed E-state index contributed by atoms with van der Waals surface area (Å²) >= 11 is 1.54. The lowest BCUT2D eigenvalue weighted by atomic mass is 10.1. The first-order valence-electron chi connectivity index (χ1n) is 4.34. The van der Waals surface area contributed by atoms with Crippen LogP contribution in [0.3, 0.4) is 0 Å². The zero-order valence-electron chi connectivity index (χ0n) is 8.60. The maximum absolute atomic E-state index is 11.6. The van der Waals surface area contributed by atoms with Crippen molar-refractivity contribution in [3.8, 4) is 5.75 Å². The zero-order valence-corrected chi connectivity index (χ0v) is 10.8. The molecule has 0 radical (unpaired) electrons. The Kier molecular flexibility index (Phi) is 4.37. The average Bonchev–Trinajstić information content (AvgIpc) is 2.27. The van der Waals surface area contributed by atoms with Gasteiger partial charge < -0.3 is 3.07 Å². The number of nitro benzene ring substituents is 1. The molecule has 2 amide bonds. The van der Waals surface area contributed by atoms with Gasteiger partial charge in [0.25, 0.3) is 11.6 Å². The van der Waals surface area contributed by atoms with Crippen molar-refractivity contribution in [3.05, 3.63) is 33.9 Å². The summed E-state index contributed by atoms with van der Waals surface area (Å²) < 4.78 is 4.86. The van der Waals surface area contributed by atoms with Gasteiger partial charge in [-0.15, -0.1) is 0 Å². The third-order valence-electron chi connectivity index (χ3n) is 1.79. The molecular formula is C9H7IN2O5. The summed E-state index contributed by atoms with van der Waals surface area (Å²) in [6.07, 6.45) is 0. The molecule has 0 fully saturated rings. The van der Waals surface area contributed by atoms with Crippen molar-refractivity contribution in [3.63, 3.8) is 0 Å². The van der Waals surface area contributed by atoms with Gasteiger partial charge in [0.05, 0.1) is 10.5 Å². The second kappa shape index (κ2) is 5.57. The van der Waals surface area contributed by atoms with E-state index in [2.05, 4.69) is 0 Å². The number of non-ortho nitro benzene ring substituents is 1. The summed E-state index contributed by atoms with van der Waals surface area (Å²) in [4.78, 5) is 32.2. The summed E-state index contributed by atoms with van der Waals surface area (Å²) in [6.45, 7) is 1.17. The fourth-order valence-electron chi connectivity index (χ4n) is 1.10. The van der Waals surface area contributed by atoms with Gasteiger partial charge in [-0.25, -0.2) is 0 Å². The normalized spacial score (nSPS) is 9.53. The first-order chi connectivity index (χ1) is 7.95. The fourth-order valence-corrected chi connectivity index (χ4v) is 1.49. The van der Waals surface area contributed by atoms with Gasteiger partial charge in [0.15, 0.2) is 23.0 Å². The van der Waals surface area contributed by atoms with Gasteiger partial charge in [0.1, 0.15) is 5.75 Å². The SMILES string of the molecule is CC(=O)NC(=O)c1cc([N+](=O)[O-])ccc1OI. The van der Waals surface area contributed by atoms with Crippen LogP contribution in [0.15, 0.2) is 18.2 Å². The lowest BCUT2D eigenvalue weighted by Crippen LogP contribution is -2.28. The number of benzene rings is 1. The molecule has 0 unspecified atom stereocenters. The summed E-state index contributed by atoms with van der Waals surface area (Å²) in [7, 11) is 0. The van der Waals surface area contributed by atoms with Gasteiger partial charge in [-0.3, -0.25) is 25.0 Å². The summed E-state index contributed by atoms with van der Waals surface area (Å²) in [5.74, 6) is -1.15. The van der Waals surface area contributed by atoms with Crippen molar-refractivity contribution in [1.82, 2.24) is 5.32 Å². The van der Waals surface area contributed by atoms with Gasteiger partial charge in [-0.05, 0) is 6.07 Å². The van der Waals surface area contributed by atoms with E-state index in [0.717, 1.165) is 6.07 Å². The van der Waals surface area contributed by atoms with Crippen LogP contribution in [0.1, 0.15) is 17.3 Å². The van der Waals surface area contributed by atoms with Crippen molar-refractivity contribution in [2.75, 3.05) is 0 Å². The van der Waals surface area contributed by atoms with Crippen molar-refractivity contribution < 1.29 is 17.6 Å². The number of nitrogens with one attached hydrogen (secondary N) is 1. The molecule has 0 aromatic heterocycles. The Morgan fingerprint density at radius 3 is 2.59 bits per heavy atom. The standard InChI is InChI=1S/C9H7IN2O5/c1-5(13)11-9(14)7-4-6(12(15)16)2-3-8(7)17-10/h2-4H,1H3,(H,11,13,14). The highest BCUT2D eigenvalue weighted by atomic mass is 127. The summed E-state index contributed by atoms with van der Waals surface area (Å²) in [6, 6.07) is 3.55. The lowest BCUT2D eigenvalue weighted by molar-refractivity contribution is -0.384. The topological polar surface area (TPSA) is 98.5 Å². The molecule has 0 saturated carbocycles. The Balaban J connectivity index is 3.18. The molecule has 0 spiro atoms. The maximum atomic E-state index is 11.6. The molecule has 1 N–H and O–H groups in total. The monoisotopic (exact) mass is 350 g/mol. The molecule has 0 aliphatic heterocycles. The molecule has 8 heteroatoms. The van der Waals surface area contributed by atoms with Gasteiger partial charge in [0.2, 0.25) is 5.91 Å². The van der Waals surface area contributed by atoms with Crippen molar-refractivity contribution >= 4 is 40.5 Å². The predicted octanol–water partition coefficient (Wildman–Crippen LogP) is 1.60. The van der Waals surface area contributed by atoms with Gasteiger partial charge >= 0.3 is 0 Å². The van der Waals surface area contributed by atoms with E-state index in [4.69, 9.17) is 3.07 Å². The van der Waals surface area contributed by atoms with Crippen LogP contribution < -0.4 is 8.38 Å². The first kappa shape index (κ1) is 13.4. The highest BCUT2D eigenvalue weighted by Crippen LogP contribution is 2.25. The number of carbonyl (C=O) groups is 2. The third kappa shape index (κ3) is 3.37. The van der Waals surface area contributed by atoms with Crippen LogP contribution in [-0.2, 0) is 4.79 Å². The van der Waals surface area contributed by atoms with E-state index in [0.29, 0.717) is 0 Å². The lowest BCUT2D eigenvalue weighted by Gasteiger charge is -2.05. The van der Waals surface area contributed by atoms with Crippen LogP contribution in [0.5, 0.6) is 5.75 Å². The zero-order chi connectivity index (χ0) is 13.0. The van der Waals surface area contributed by atoms with E-state index in [-0.39, 0.29) is 17.0 Å². The van der Waals surface area contributed by atoms with Gasteiger partial charge in [-0.1, -0.05) is 0 Å². The quantitative estimate of drug-likeness (QED) is 0.507. The van der Waals surface area contributed by atoms with E-state index in [9.17, 15) is 19.7 Å². The third-order valence-corrected chi connectivity index (χ3v) is 2.27. The molecular weight excluding hydrogens is 343 g/mol. The second-order valence-corrected chi connectivity index (χ2v) is 3.47. The molecule has 1 aromatic rings. The molecule has 0 aliphatic rings.